The van der Waals surface area contributed by atoms with Crippen molar-refractivity contribution in [1.82, 2.24) is 9.97 Å². The van der Waals surface area contributed by atoms with Crippen LogP contribution in [0.4, 0.5) is 5.69 Å². The number of carbonyl (C=O) groups is 1. The number of nitrogens with one attached hydrogen (secondary N) is 1. The van der Waals surface area contributed by atoms with Gasteiger partial charge >= 0.3 is 0 Å². The van der Waals surface area contributed by atoms with Gasteiger partial charge in [0.05, 0.1) is 12.8 Å². The summed E-state index contributed by atoms with van der Waals surface area (Å²) in [5.41, 5.74) is 1.06. The van der Waals surface area contributed by atoms with Crippen molar-refractivity contribution in [2.45, 2.75) is 5.03 Å². The summed E-state index contributed by atoms with van der Waals surface area (Å²) in [6.45, 7) is 0. The van der Waals surface area contributed by atoms with E-state index in [2.05, 4.69) is 15.3 Å². The highest BCUT2D eigenvalue weighted by Crippen LogP contribution is 2.23. The van der Waals surface area contributed by atoms with Gasteiger partial charge in [0.2, 0.25) is 5.88 Å². The maximum atomic E-state index is 12.2. The lowest BCUT2D eigenvalue weighted by Crippen LogP contribution is -2.14. The zero-order valence-corrected chi connectivity index (χ0v) is 11.4. The third-order valence-electron chi connectivity index (χ3n) is 2.42. The van der Waals surface area contributed by atoms with Gasteiger partial charge in [0.1, 0.15) is 10.6 Å². The van der Waals surface area contributed by atoms with Gasteiger partial charge in [0.25, 0.3) is 5.91 Å². The SMILES string of the molecule is COc1ncccc1C(=O)Nc1cccnc1SC. The number of aromatic nitrogens is 2. The second-order valence-corrected chi connectivity index (χ2v) is 4.37. The lowest BCUT2D eigenvalue weighted by Gasteiger charge is -2.10. The normalized spacial score (nSPS) is 10.0. The van der Waals surface area contributed by atoms with Crippen molar-refractivity contribution >= 4 is 23.4 Å². The molecule has 0 bridgehead atoms. The summed E-state index contributed by atoms with van der Waals surface area (Å²) in [6, 6.07) is 6.93. The maximum absolute atomic E-state index is 12.2. The number of amides is 1. The average molecular weight is 275 g/mol. The Balaban J connectivity index is 2.26. The minimum atomic E-state index is -0.270. The van der Waals surface area contributed by atoms with Crippen molar-refractivity contribution in [3.8, 4) is 5.88 Å². The zero-order chi connectivity index (χ0) is 13.7. The number of ether oxygens (including phenoxy) is 1. The minimum Gasteiger partial charge on any atom is -0.480 e. The molecule has 1 N–H and O–H groups in total. The van der Waals surface area contributed by atoms with Crippen LogP contribution in [0.25, 0.3) is 0 Å². The summed E-state index contributed by atoms with van der Waals surface area (Å²) in [5, 5.41) is 3.57. The van der Waals surface area contributed by atoms with E-state index in [0.717, 1.165) is 5.03 Å². The highest BCUT2D eigenvalue weighted by Gasteiger charge is 2.14. The molecule has 0 saturated carbocycles. The van der Waals surface area contributed by atoms with Crippen LogP contribution < -0.4 is 10.1 Å². The van der Waals surface area contributed by atoms with Crippen molar-refractivity contribution in [2.24, 2.45) is 0 Å². The molecule has 0 fully saturated rings. The molecule has 0 spiro atoms. The molecule has 0 aliphatic carbocycles. The first-order chi connectivity index (χ1) is 9.26. The van der Waals surface area contributed by atoms with Crippen LogP contribution in [0.1, 0.15) is 10.4 Å². The molecule has 0 atom stereocenters. The molecule has 19 heavy (non-hydrogen) atoms. The van der Waals surface area contributed by atoms with Gasteiger partial charge in [0.15, 0.2) is 0 Å². The highest BCUT2D eigenvalue weighted by molar-refractivity contribution is 7.98. The molecule has 98 valence electrons. The smallest absolute Gasteiger partial charge is 0.261 e. The van der Waals surface area contributed by atoms with E-state index < -0.39 is 0 Å². The maximum Gasteiger partial charge on any atom is 0.261 e. The molecular weight excluding hydrogens is 262 g/mol. The first-order valence-corrected chi connectivity index (χ1v) is 6.78. The Morgan fingerprint density at radius 3 is 2.74 bits per heavy atom. The van der Waals surface area contributed by atoms with Gasteiger partial charge in [-0.2, -0.15) is 0 Å². The molecule has 6 heteroatoms. The van der Waals surface area contributed by atoms with Crippen molar-refractivity contribution < 1.29 is 9.53 Å². The van der Waals surface area contributed by atoms with Crippen LogP contribution in [0.5, 0.6) is 5.88 Å². The number of hydrogen-bond donors (Lipinski definition) is 1. The zero-order valence-electron chi connectivity index (χ0n) is 10.6. The number of hydrogen-bond acceptors (Lipinski definition) is 5. The largest absolute Gasteiger partial charge is 0.480 e. The van der Waals surface area contributed by atoms with Crippen LogP contribution in [0.15, 0.2) is 41.7 Å². The predicted molar refractivity (Wildman–Crippen MR) is 74.8 cm³/mol. The summed E-state index contributed by atoms with van der Waals surface area (Å²) in [5.74, 6) is 0.0304. The number of anilines is 1. The number of pyridine rings is 2. The van der Waals surface area contributed by atoms with Crippen LogP contribution in [-0.4, -0.2) is 29.2 Å². The van der Waals surface area contributed by atoms with Gasteiger partial charge < -0.3 is 10.1 Å². The second-order valence-electron chi connectivity index (χ2n) is 3.57. The predicted octanol–water partition coefficient (Wildman–Crippen LogP) is 2.46. The number of methoxy groups -OCH3 is 1. The van der Waals surface area contributed by atoms with Gasteiger partial charge in [-0.05, 0) is 30.5 Å². The van der Waals surface area contributed by atoms with Gasteiger partial charge in [0, 0.05) is 12.4 Å². The third kappa shape index (κ3) is 3.03. The Labute approximate surface area is 115 Å². The number of rotatable bonds is 4. The average Bonchev–Trinajstić information content (AvgIpc) is 2.47. The summed E-state index contributed by atoms with van der Waals surface area (Å²) in [7, 11) is 1.48. The van der Waals surface area contributed by atoms with E-state index in [1.54, 1.807) is 36.7 Å². The molecule has 2 heterocycles. The summed E-state index contributed by atoms with van der Waals surface area (Å²) >= 11 is 1.47. The second kappa shape index (κ2) is 6.19. The Bertz CT molecular complexity index is 590. The number of thioether (sulfide) groups is 1. The summed E-state index contributed by atoms with van der Waals surface area (Å²) in [4.78, 5) is 20.4. The Kier molecular flexibility index (Phi) is 4.35. The molecule has 1 amide bonds. The van der Waals surface area contributed by atoms with E-state index in [1.165, 1.54) is 18.9 Å². The van der Waals surface area contributed by atoms with E-state index in [0.29, 0.717) is 17.1 Å². The molecule has 0 unspecified atom stereocenters. The first kappa shape index (κ1) is 13.4. The lowest BCUT2D eigenvalue weighted by molar-refractivity contribution is 0.102. The third-order valence-corrected chi connectivity index (χ3v) is 3.13. The first-order valence-electron chi connectivity index (χ1n) is 5.55. The van der Waals surface area contributed by atoms with E-state index >= 15 is 0 Å². The minimum absolute atomic E-state index is 0.270. The molecule has 5 nitrogen and oxygen atoms in total. The van der Waals surface area contributed by atoms with Crippen LogP contribution >= 0.6 is 11.8 Å². The Morgan fingerprint density at radius 2 is 2.00 bits per heavy atom. The van der Waals surface area contributed by atoms with Crippen LogP contribution in [-0.2, 0) is 0 Å². The van der Waals surface area contributed by atoms with E-state index in [-0.39, 0.29) is 5.91 Å². The molecule has 2 aromatic rings. The lowest BCUT2D eigenvalue weighted by atomic mass is 10.2. The molecule has 0 saturated heterocycles. The molecule has 0 aliphatic heterocycles. The highest BCUT2D eigenvalue weighted by atomic mass is 32.2. The van der Waals surface area contributed by atoms with Crippen molar-refractivity contribution in [2.75, 3.05) is 18.7 Å². The fourth-order valence-electron chi connectivity index (χ4n) is 1.56. The van der Waals surface area contributed by atoms with Crippen LogP contribution in [0.3, 0.4) is 0 Å². The fourth-order valence-corrected chi connectivity index (χ4v) is 2.07. The fraction of sp³-hybridized carbons (Fsp3) is 0.154. The molecule has 0 aliphatic rings. The Hall–Kier alpha value is -2.08. The van der Waals surface area contributed by atoms with E-state index in [9.17, 15) is 4.79 Å². The van der Waals surface area contributed by atoms with Gasteiger partial charge in [-0.25, -0.2) is 9.97 Å². The van der Waals surface area contributed by atoms with Gasteiger partial charge in [-0.3, -0.25) is 4.79 Å². The van der Waals surface area contributed by atoms with Gasteiger partial charge in [-0.15, -0.1) is 11.8 Å². The molecule has 2 aromatic heterocycles. The molecule has 0 radical (unpaired) electrons. The standard InChI is InChI=1S/C13H13N3O2S/c1-18-12-9(5-3-7-14-12)11(17)16-10-6-4-8-15-13(10)19-2/h3-8H,1-2H3,(H,16,17). The molecule has 2 rings (SSSR count). The van der Waals surface area contributed by atoms with E-state index in [4.69, 9.17) is 4.74 Å². The van der Waals surface area contributed by atoms with Crippen LogP contribution in [0.2, 0.25) is 0 Å². The van der Waals surface area contributed by atoms with Gasteiger partial charge in [-0.1, -0.05) is 0 Å². The van der Waals surface area contributed by atoms with Crippen LogP contribution in [0, 0.1) is 0 Å². The quantitative estimate of drug-likeness (QED) is 0.868. The van der Waals surface area contributed by atoms with E-state index in [1.807, 2.05) is 6.26 Å². The number of nitrogens with zero attached hydrogens (tertiary/aromatic N) is 2. The summed E-state index contributed by atoms with van der Waals surface area (Å²) < 4.78 is 5.07. The van der Waals surface area contributed by atoms with Crippen molar-refractivity contribution in [3.63, 3.8) is 0 Å². The topological polar surface area (TPSA) is 64.1 Å². The van der Waals surface area contributed by atoms with Crippen molar-refractivity contribution in [1.29, 1.82) is 0 Å². The molecule has 0 aromatic carbocycles. The molecular formula is C13H13N3O2S. The Morgan fingerprint density at radius 1 is 1.26 bits per heavy atom. The number of carbonyl (C=O) groups excluding carboxylic acids is 1. The summed E-state index contributed by atoms with van der Waals surface area (Å²) in [6.07, 6.45) is 5.17. The van der Waals surface area contributed by atoms with Crippen molar-refractivity contribution in [3.05, 3.63) is 42.2 Å². The monoisotopic (exact) mass is 275 g/mol.